The van der Waals surface area contributed by atoms with Crippen LogP contribution in [-0.4, -0.2) is 0 Å². The lowest BCUT2D eigenvalue weighted by molar-refractivity contribution is 0.506. The molecule has 2 nitrogen and oxygen atoms in total. The van der Waals surface area contributed by atoms with Gasteiger partial charge in [0.05, 0.1) is 6.07 Å². The van der Waals surface area contributed by atoms with Gasteiger partial charge in [-0.15, -0.1) is 12.4 Å². The zero-order valence-electron chi connectivity index (χ0n) is 6.50. The zero-order valence-corrected chi connectivity index (χ0v) is 7.31. The Kier molecular flexibility index (Phi) is 4.32. The van der Waals surface area contributed by atoms with Crippen molar-refractivity contribution in [3.05, 3.63) is 35.4 Å². The first-order valence-corrected chi connectivity index (χ1v) is 3.25. The number of rotatable bonds is 1. The van der Waals surface area contributed by atoms with Crippen LogP contribution in [0.3, 0.4) is 0 Å². The summed E-state index contributed by atoms with van der Waals surface area (Å²) in [5.74, 6) is -1.93. The Labute approximate surface area is 80.4 Å². The van der Waals surface area contributed by atoms with Gasteiger partial charge in [0.15, 0.2) is 11.6 Å². The minimum Gasteiger partial charge on any atom is -0.312 e. The molecule has 0 aliphatic heterocycles. The fraction of sp³-hybridized carbons (Fsp3) is 0.125. The smallest absolute Gasteiger partial charge is 0.159 e. The van der Waals surface area contributed by atoms with E-state index in [1.807, 2.05) is 0 Å². The number of hydrogen-bond acceptors (Lipinski definition) is 2. The first-order valence-electron chi connectivity index (χ1n) is 3.25. The van der Waals surface area contributed by atoms with Crippen LogP contribution in [0.2, 0.25) is 0 Å². The fourth-order valence-corrected chi connectivity index (χ4v) is 0.780. The first kappa shape index (κ1) is 11.8. The molecule has 0 aliphatic carbocycles. The number of hydrogen-bond donors (Lipinski definition) is 1. The minimum absolute atomic E-state index is 0. The van der Waals surface area contributed by atoms with E-state index in [1.165, 1.54) is 6.07 Å². The maximum atomic E-state index is 12.5. The van der Waals surface area contributed by atoms with E-state index in [-0.39, 0.29) is 18.0 Å². The van der Waals surface area contributed by atoms with Gasteiger partial charge in [0.2, 0.25) is 0 Å². The van der Waals surface area contributed by atoms with Crippen LogP contribution in [0.1, 0.15) is 11.6 Å². The second kappa shape index (κ2) is 4.75. The molecule has 1 aromatic carbocycles. The molecule has 13 heavy (non-hydrogen) atoms. The van der Waals surface area contributed by atoms with Crippen molar-refractivity contribution in [2.45, 2.75) is 6.04 Å². The van der Waals surface area contributed by atoms with Crippen LogP contribution in [0.15, 0.2) is 18.2 Å². The topological polar surface area (TPSA) is 49.8 Å². The largest absolute Gasteiger partial charge is 0.312 e. The van der Waals surface area contributed by atoms with Crippen molar-refractivity contribution >= 4 is 12.4 Å². The molecule has 0 spiro atoms. The molecule has 0 radical (unpaired) electrons. The predicted molar refractivity (Wildman–Crippen MR) is 46.1 cm³/mol. The highest BCUT2D eigenvalue weighted by Gasteiger charge is 2.07. The summed E-state index contributed by atoms with van der Waals surface area (Å²) >= 11 is 0. The number of halogens is 3. The summed E-state index contributed by atoms with van der Waals surface area (Å²) in [6.07, 6.45) is 0. The van der Waals surface area contributed by atoms with Crippen LogP contribution in [0.5, 0.6) is 0 Å². The molecule has 5 heteroatoms. The third-order valence-corrected chi connectivity index (χ3v) is 1.44. The van der Waals surface area contributed by atoms with Crippen LogP contribution < -0.4 is 5.73 Å². The van der Waals surface area contributed by atoms with Gasteiger partial charge in [0.25, 0.3) is 0 Å². The van der Waals surface area contributed by atoms with Crippen molar-refractivity contribution in [3.63, 3.8) is 0 Å². The monoisotopic (exact) mass is 204 g/mol. The summed E-state index contributed by atoms with van der Waals surface area (Å²) in [4.78, 5) is 0. The van der Waals surface area contributed by atoms with E-state index < -0.39 is 17.7 Å². The van der Waals surface area contributed by atoms with Crippen molar-refractivity contribution in [2.24, 2.45) is 5.73 Å². The Bertz CT molecular complexity index is 335. The highest BCUT2D eigenvalue weighted by molar-refractivity contribution is 5.85. The van der Waals surface area contributed by atoms with Gasteiger partial charge in [-0.25, -0.2) is 8.78 Å². The third kappa shape index (κ3) is 2.65. The molecule has 0 amide bonds. The summed E-state index contributed by atoms with van der Waals surface area (Å²) in [6.45, 7) is 0. The van der Waals surface area contributed by atoms with Crippen molar-refractivity contribution in [1.82, 2.24) is 0 Å². The molecular formula is C8H7ClF2N2. The predicted octanol–water partition coefficient (Wildman–Crippen LogP) is 1.91. The van der Waals surface area contributed by atoms with E-state index in [1.54, 1.807) is 6.07 Å². The van der Waals surface area contributed by atoms with Crippen molar-refractivity contribution in [2.75, 3.05) is 0 Å². The van der Waals surface area contributed by atoms with Gasteiger partial charge in [0.1, 0.15) is 6.04 Å². The average molecular weight is 205 g/mol. The lowest BCUT2D eigenvalue weighted by atomic mass is 10.1. The highest BCUT2D eigenvalue weighted by Crippen LogP contribution is 2.13. The molecule has 1 aromatic rings. The standard InChI is InChI=1S/C8H6F2N2.ClH/c9-6-2-1-5(3-7(6)10)8(12)4-11;/h1-3,8H,12H2;1H. The van der Waals surface area contributed by atoms with Gasteiger partial charge in [-0.2, -0.15) is 5.26 Å². The molecule has 0 heterocycles. The minimum atomic E-state index is -0.988. The summed E-state index contributed by atoms with van der Waals surface area (Å²) in [5, 5.41) is 8.36. The van der Waals surface area contributed by atoms with Gasteiger partial charge < -0.3 is 5.73 Å². The van der Waals surface area contributed by atoms with E-state index in [0.29, 0.717) is 0 Å². The molecule has 0 aromatic heterocycles. The molecule has 0 fully saturated rings. The lowest BCUT2D eigenvalue weighted by Gasteiger charge is -2.02. The summed E-state index contributed by atoms with van der Waals surface area (Å²) in [6, 6.07) is 3.96. The second-order valence-electron chi connectivity index (χ2n) is 2.28. The maximum absolute atomic E-state index is 12.5. The zero-order chi connectivity index (χ0) is 9.14. The average Bonchev–Trinajstić information content (AvgIpc) is 2.08. The van der Waals surface area contributed by atoms with Crippen molar-refractivity contribution in [3.8, 4) is 6.07 Å². The Morgan fingerprint density at radius 3 is 2.38 bits per heavy atom. The van der Waals surface area contributed by atoms with Gasteiger partial charge in [-0.1, -0.05) is 6.07 Å². The molecule has 70 valence electrons. The molecule has 1 unspecified atom stereocenters. The quantitative estimate of drug-likeness (QED) is 0.760. The van der Waals surface area contributed by atoms with Crippen LogP contribution in [0, 0.1) is 23.0 Å². The van der Waals surface area contributed by atoms with Crippen molar-refractivity contribution < 1.29 is 8.78 Å². The molecule has 0 bridgehead atoms. The Morgan fingerprint density at radius 1 is 1.31 bits per heavy atom. The van der Waals surface area contributed by atoms with E-state index in [4.69, 9.17) is 11.0 Å². The first-order chi connectivity index (χ1) is 5.65. The van der Waals surface area contributed by atoms with Gasteiger partial charge in [-0.05, 0) is 17.7 Å². The van der Waals surface area contributed by atoms with Gasteiger partial charge in [-0.3, -0.25) is 0 Å². The Balaban J connectivity index is 0.00000144. The van der Waals surface area contributed by atoms with Crippen LogP contribution in [0.25, 0.3) is 0 Å². The fourth-order valence-electron chi connectivity index (χ4n) is 0.780. The second-order valence-corrected chi connectivity index (χ2v) is 2.28. The molecule has 2 N–H and O–H groups in total. The third-order valence-electron chi connectivity index (χ3n) is 1.44. The molecule has 0 saturated carbocycles. The van der Waals surface area contributed by atoms with Crippen molar-refractivity contribution in [1.29, 1.82) is 5.26 Å². The number of benzene rings is 1. The van der Waals surface area contributed by atoms with Gasteiger partial charge in [0, 0.05) is 0 Å². The molecule has 1 rings (SSSR count). The van der Waals surface area contributed by atoms with E-state index in [2.05, 4.69) is 0 Å². The lowest BCUT2D eigenvalue weighted by Crippen LogP contribution is -2.07. The molecular weight excluding hydrogens is 198 g/mol. The number of nitriles is 1. The van der Waals surface area contributed by atoms with Crippen LogP contribution >= 0.6 is 12.4 Å². The molecule has 1 atom stereocenters. The van der Waals surface area contributed by atoms with Crippen LogP contribution in [0.4, 0.5) is 8.78 Å². The summed E-state index contributed by atoms with van der Waals surface area (Å²) in [7, 11) is 0. The van der Waals surface area contributed by atoms with E-state index in [0.717, 1.165) is 12.1 Å². The maximum Gasteiger partial charge on any atom is 0.159 e. The summed E-state index contributed by atoms with van der Waals surface area (Å²) in [5.41, 5.74) is 5.54. The van der Waals surface area contributed by atoms with E-state index >= 15 is 0 Å². The molecule has 0 aliphatic rings. The molecule has 0 saturated heterocycles. The van der Waals surface area contributed by atoms with Gasteiger partial charge >= 0.3 is 0 Å². The number of nitrogens with two attached hydrogens (primary N) is 1. The Morgan fingerprint density at radius 2 is 1.92 bits per heavy atom. The highest BCUT2D eigenvalue weighted by atomic mass is 35.5. The Hall–Kier alpha value is -1.18. The van der Waals surface area contributed by atoms with E-state index in [9.17, 15) is 8.78 Å². The SMILES string of the molecule is Cl.N#CC(N)c1ccc(F)c(F)c1. The summed E-state index contributed by atoms with van der Waals surface area (Å²) < 4.78 is 24.9. The van der Waals surface area contributed by atoms with Crippen LogP contribution in [-0.2, 0) is 0 Å². The normalized spacial score (nSPS) is 11.2. The number of nitrogens with zero attached hydrogens (tertiary/aromatic N) is 1.